The van der Waals surface area contributed by atoms with Gasteiger partial charge in [-0.15, -0.1) is 0 Å². The number of nitrogens with zero attached hydrogens (tertiary/aromatic N) is 2. The summed E-state index contributed by atoms with van der Waals surface area (Å²) >= 11 is 0. The fourth-order valence-electron chi connectivity index (χ4n) is 2.32. The summed E-state index contributed by atoms with van der Waals surface area (Å²) in [4.78, 5) is 37.7. The third kappa shape index (κ3) is 2.08. The van der Waals surface area contributed by atoms with Crippen LogP contribution >= 0.6 is 0 Å². The lowest BCUT2D eigenvalue weighted by Crippen LogP contribution is -2.33. The third-order valence-electron chi connectivity index (χ3n) is 3.39. The van der Waals surface area contributed by atoms with E-state index >= 15 is 0 Å². The summed E-state index contributed by atoms with van der Waals surface area (Å²) in [5.41, 5.74) is -0.208. The highest BCUT2D eigenvalue weighted by molar-refractivity contribution is 5.87. The fraction of sp³-hybridized carbons (Fsp3) is 0.0667. The molecular weight excluding hydrogens is 286 g/mol. The number of rotatable bonds is 2. The van der Waals surface area contributed by atoms with E-state index in [0.717, 1.165) is 10.1 Å². The Kier molecular flexibility index (Phi) is 3.10. The number of hydrogen-bond donors (Lipinski definition) is 1. The molecule has 0 aliphatic carbocycles. The largest absolute Gasteiger partial charge is 0.333 e. The molecule has 0 amide bonds. The molecule has 0 saturated carbocycles. The van der Waals surface area contributed by atoms with Crippen LogP contribution in [-0.4, -0.2) is 14.5 Å². The Morgan fingerprint density at radius 3 is 2.41 bits per heavy atom. The number of non-ortho nitro benzene ring substituents is 1. The van der Waals surface area contributed by atoms with Crippen LogP contribution in [0, 0.1) is 17.0 Å². The Balaban J connectivity index is 2.44. The van der Waals surface area contributed by atoms with Gasteiger partial charge in [0.1, 0.15) is 5.39 Å². The Labute approximate surface area is 123 Å². The minimum Gasteiger partial charge on any atom is -0.306 e. The van der Waals surface area contributed by atoms with Gasteiger partial charge in [0.15, 0.2) is 0 Å². The van der Waals surface area contributed by atoms with Crippen LogP contribution in [0.4, 0.5) is 5.69 Å². The zero-order valence-electron chi connectivity index (χ0n) is 11.6. The highest BCUT2D eigenvalue weighted by Crippen LogP contribution is 2.20. The molecule has 1 N–H and O–H groups in total. The van der Waals surface area contributed by atoms with Crippen LogP contribution in [0.2, 0.25) is 0 Å². The van der Waals surface area contributed by atoms with Crippen LogP contribution in [0.3, 0.4) is 0 Å². The fourth-order valence-corrected chi connectivity index (χ4v) is 2.32. The molecule has 0 spiro atoms. The Morgan fingerprint density at radius 1 is 1.09 bits per heavy atom. The first-order valence-electron chi connectivity index (χ1n) is 6.48. The molecule has 0 saturated heterocycles. The van der Waals surface area contributed by atoms with Gasteiger partial charge in [-0.3, -0.25) is 14.9 Å². The first-order chi connectivity index (χ1) is 10.5. The molecule has 0 atom stereocenters. The highest BCUT2D eigenvalue weighted by atomic mass is 16.6. The number of hydrogen-bond acceptors (Lipinski definition) is 4. The van der Waals surface area contributed by atoms with Crippen molar-refractivity contribution in [3.05, 3.63) is 79.0 Å². The van der Waals surface area contributed by atoms with Gasteiger partial charge in [-0.05, 0) is 25.1 Å². The monoisotopic (exact) mass is 297 g/mol. The molecule has 3 aromatic rings. The number of nitrogens with one attached hydrogen (secondary N) is 1. The van der Waals surface area contributed by atoms with Crippen LogP contribution in [0.25, 0.3) is 16.6 Å². The lowest BCUT2D eigenvalue weighted by atomic mass is 10.2. The zero-order chi connectivity index (χ0) is 15.9. The number of nitro benzene ring substituents is 1. The van der Waals surface area contributed by atoms with Crippen molar-refractivity contribution in [1.82, 2.24) is 9.55 Å². The normalized spacial score (nSPS) is 10.8. The van der Waals surface area contributed by atoms with E-state index in [4.69, 9.17) is 0 Å². The van der Waals surface area contributed by atoms with E-state index in [1.807, 2.05) is 6.92 Å². The SMILES string of the molecule is Cc1ccc(-n2c(=O)[nH]c3cccc([N+](=O)[O-])c3c2=O)cc1. The quantitative estimate of drug-likeness (QED) is 0.577. The maximum absolute atomic E-state index is 12.6. The maximum Gasteiger partial charge on any atom is 0.333 e. The van der Waals surface area contributed by atoms with Gasteiger partial charge in [0.2, 0.25) is 0 Å². The van der Waals surface area contributed by atoms with Gasteiger partial charge >= 0.3 is 5.69 Å². The van der Waals surface area contributed by atoms with Crippen LogP contribution in [0.1, 0.15) is 5.56 Å². The molecule has 0 aliphatic rings. The molecule has 0 fully saturated rings. The molecule has 0 unspecified atom stereocenters. The van der Waals surface area contributed by atoms with Crippen LogP contribution in [0.15, 0.2) is 52.1 Å². The van der Waals surface area contributed by atoms with Crippen molar-refractivity contribution in [2.75, 3.05) is 0 Å². The molecule has 0 bridgehead atoms. The predicted octanol–water partition coefficient (Wildman–Crippen LogP) is 1.90. The maximum atomic E-state index is 12.6. The molecule has 3 rings (SSSR count). The molecule has 1 aromatic heterocycles. The molecule has 0 radical (unpaired) electrons. The lowest BCUT2D eigenvalue weighted by molar-refractivity contribution is -0.383. The van der Waals surface area contributed by atoms with Gasteiger partial charge in [-0.25, -0.2) is 9.36 Å². The average Bonchev–Trinajstić information content (AvgIpc) is 2.48. The van der Waals surface area contributed by atoms with Crippen molar-refractivity contribution < 1.29 is 4.92 Å². The van der Waals surface area contributed by atoms with Gasteiger partial charge in [0, 0.05) is 6.07 Å². The topological polar surface area (TPSA) is 98.0 Å². The van der Waals surface area contributed by atoms with Gasteiger partial charge in [-0.1, -0.05) is 23.8 Å². The Hall–Kier alpha value is -3.22. The average molecular weight is 297 g/mol. The number of H-pyrrole nitrogens is 1. The highest BCUT2D eigenvalue weighted by Gasteiger charge is 2.18. The number of nitro groups is 1. The van der Waals surface area contributed by atoms with Crippen molar-refractivity contribution >= 4 is 16.6 Å². The Morgan fingerprint density at radius 2 is 1.77 bits per heavy atom. The van der Waals surface area contributed by atoms with Crippen molar-refractivity contribution in [3.8, 4) is 5.69 Å². The van der Waals surface area contributed by atoms with Crippen molar-refractivity contribution in [2.45, 2.75) is 6.92 Å². The molecule has 0 aliphatic heterocycles. The first kappa shape index (κ1) is 13.7. The molecule has 2 aromatic carbocycles. The van der Waals surface area contributed by atoms with Gasteiger partial charge in [0.25, 0.3) is 11.2 Å². The van der Waals surface area contributed by atoms with E-state index < -0.39 is 16.2 Å². The molecule has 7 heteroatoms. The van der Waals surface area contributed by atoms with Gasteiger partial charge in [-0.2, -0.15) is 0 Å². The molecule has 22 heavy (non-hydrogen) atoms. The summed E-state index contributed by atoms with van der Waals surface area (Å²) < 4.78 is 0.898. The minimum absolute atomic E-state index is 0.118. The zero-order valence-corrected chi connectivity index (χ0v) is 11.6. The summed E-state index contributed by atoms with van der Waals surface area (Å²) in [6, 6.07) is 10.9. The number of aromatic amines is 1. The van der Waals surface area contributed by atoms with Crippen molar-refractivity contribution in [3.63, 3.8) is 0 Å². The van der Waals surface area contributed by atoms with E-state index in [9.17, 15) is 19.7 Å². The summed E-state index contributed by atoms with van der Waals surface area (Å²) in [5, 5.41) is 11.0. The van der Waals surface area contributed by atoms with Crippen molar-refractivity contribution in [2.24, 2.45) is 0 Å². The van der Waals surface area contributed by atoms with Crippen LogP contribution < -0.4 is 11.2 Å². The lowest BCUT2D eigenvalue weighted by Gasteiger charge is -2.07. The standard InChI is InChI=1S/C15H11N3O4/c1-9-5-7-10(8-6-9)17-14(19)13-11(16-15(17)20)3-2-4-12(13)18(21)22/h2-8H,1H3,(H,16,20). The third-order valence-corrected chi connectivity index (χ3v) is 3.39. The molecule has 110 valence electrons. The van der Waals surface area contributed by atoms with E-state index in [0.29, 0.717) is 5.69 Å². The number of aromatic nitrogens is 2. The van der Waals surface area contributed by atoms with E-state index in [-0.39, 0.29) is 16.6 Å². The minimum atomic E-state index is -0.713. The van der Waals surface area contributed by atoms with E-state index in [1.54, 1.807) is 24.3 Å². The van der Waals surface area contributed by atoms with Crippen LogP contribution in [-0.2, 0) is 0 Å². The second-order valence-corrected chi connectivity index (χ2v) is 4.86. The second kappa shape index (κ2) is 4.96. The summed E-state index contributed by atoms with van der Waals surface area (Å²) in [6.45, 7) is 1.88. The summed E-state index contributed by atoms with van der Waals surface area (Å²) in [6.07, 6.45) is 0. The summed E-state index contributed by atoms with van der Waals surface area (Å²) in [5.74, 6) is 0. The van der Waals surface area contributed by atoms with Gasteiger partial charge in [0.05, 0.1) is 16.1 Å². The molecular formula is C15H11N3O4. The number of fused-ring (bicyclic) bond motifs is 1. The van der Waals surface area contributed by atoms with Gasteiger partial charge < -0.3 is 4.98 Å². The second-order valence-electron chi connectivity index (χ2n) is 4.86. The molecule has 1 heterocycles. The van der Waals surface area contributed by atoms with E-state index in [1.165, 1.54) is 18.2 Å². The van der Waals surface area contributed by atoms with Crippen LogP contribution in [0.5, 0.6) is 0 Å². The predicted molar refractivity (Wildman–Crippen MR) is 81.6 cm³/mol. The number of aryl methyl sites for hydroxylation is 1. The van der Waals surface area contributed by atoms with E-state index in [2.05, 4.69) is 4.98 Å². The Bertz CT molecular complexity index is 1000. The van der Waals surface area contributed by atoms with Crippen molar-refractivity contribution in [1.29, 1.82) is 0 Å². The number of benzene rings is 2. The smallest absolute Gasteiger partial charge is 0.306 e. The molecule has 7 nitrogen and oxygen atoms in total. The first-order valence-corrected chi connectivity index (χ1v) is 6.48. The summed E-state index contributed by atoms with van der Waals surface area (Å²) in [7, 11) is 0.